The number of amides is 1. The van der Waals surface area contributed by atoms with Crippen molar-refractivity contribution in [1.82, 2.24) is 5.43 Å². The van der Waals surface area contributed by atoms with Gasteiger partial charge in [-0.3, -0.25) is 4.79 Å². The predicted octanol–water partition coefficient (Wildman–Crippen LogP) is 4.50. The van der Waals surface area contributed by atoms with Crippen molar-refractivity contribution in [2.45, 2.75) is 43.2 Å². The van der Waals surface area contributed by atoms with Crippen molar-refractivity contribution in [2.75, 3.05) is 0 Å². The molecule has 10 heteroatoms. The minimum absolute atomic E-state index is 0.0730. The highest BCUT2D eigenvalue weighted by Gasteiger charge is 2.31. The van der Waals surface area contributed by atoms with E-state index in [0.717, 1.165) is 37.8 Å². The lowest BCUT2D eigenvalue weighted by Crippen LogP contribution is -2.20. The molecule has 0 aliphatic heterocycles. The van der Waals surface area contributed by atoms with Gasteiger partial charge in [0.2, 0.25) is 5.91 Å². The summed E-state index contributed by atoms with van der Waals surface area (Å²) in [6.45, 7) is 0. The van der Waals surface area contributed by atoms with Gasteiger partial charge in [-0.05, 0) is 55.2 Å². The van der Waals surface area contributed by atoms with Crippen LogP contribution >= 0.6 is 0 Å². The van der Waals surface area contributed by atoms with E-state index in [1.54, 1.807) is 6.07 Å². The van der Waals surface area contributed by atoms with Gasteiger partial charge in [0.05, 0.1) is 11.8 Å². The van der Waals surface area contributed by atoms with Crippen molar-refractivity contribution < 1.29 is 30.6 Å². The first-order chi connectivity index (χ1) is 14.6. The molecule has 1 aliphatic rings. The molecule has 0 unspecified atom stereocenters. The molecule has 1 aliphatic carbocycles. The SMILES string of the molecule is O=C(CC1CCCC1)N/N=C/c1ccccc1OS(=O)(=O)c1ccc(C(F)(F)F)cc1. The summed E-state index contributed by atoms with van der Waals surface area (Å²) >= 11 is 0. The summed E-state index contributed by atoms with van der Waals surface area (Å²) in [6.07, 6.45) is 1.36. The summed E-state index contributed by atoms with van der Waals surface area (Å²) < 4.78 is 68.1. The van der Waals surface area contributed by atoms with E-state index in [0.29, 0.717) is 24.5 Å². The van der Waals surface area contributed by atoms with Crippen molar-refractivity contribution in [1.29, 1.82) is 0 Å². The number of carbonyl (C=O) groups is 1. The van der Waals surface area contributed by atoms with Crippen molar-refractivity contribution in [3.8, 4) is 5.75 Å². The molecular formula is C21H21F3N2O4S. The second-order valence-electron chi connectivity index (χ2n) is 7.25. The van der Waals surface area contributed by atoms with E-state index in [-0.39, 0.29) is 17.2 Å². The molecule has 0 spiro atoms. The van der Waals surface area contributed by atoms with Crippen molar-refractivity contribution >= 4 is 22.2 Å². The van der Waals surface area contributed by atoms with E-state index in [9.17, 15) is 26.4 Å². The molecule has 2 aromatic rings. The summed E-state index contributed by atoms with van der Waals surface area (Å²) in [7, 11) is -4.37. The molecule has 0 heterocycles. The number of rotatable bonds is 7. The van der Waals surface area contributed by atoms with Crippen LogP contribution in [0.25, 0.3) is 0 Å². The van der Waals surface area contributed by atoms with Crippen LogP contribution in [-0.4, -0.2) is 20.5 Å². The molecule has 31 heavy (non-hydrogen) atoms. The lowest BCUT2D eigenvalue weighted by atomic mass is 10.0. The standard InChI is InChI=1S/C21H21F3N2O4S/c22-21(23,24)17-9-11-18(12-10-17)31(28,29)30-19-8-4-3-7-16(19)14-25-26-20(27)13-15-5-1-2-6-15/h3-4,7-12,14-15H,1-2,5-6,13H2,(H,26,27)/b25-14+. The average Bonchev–Trinajstić information content (AvgIpc) is 3.21. The smallest absolute Gasteiger partial charge is 0.378 e. The first-order valence-electron chi connectivity index (χ1n) is 9.68. The van der Waals surface area contributed by atoms with Crippen LogP contribution in [0.4, 0.5) is 13.2 Å². The number of halogens is 3. The van der Waals surface area contributed by atoms with Gasteiger partial charge >= 0.3 is 16.3 Å². The zero-order chi connectivity index (χ0) is 22.5. The van der Waals surface area contributed by atoms with E-state index in [1.807, 2.05) is 0 Å². The maximum absolute atomic E-state index is 12.7. The van der Waals surface area contributed by atoms with Crippen LogP contribution in [-0.2, 0) is 21.1 Å². The van der Waals surface area contributed by atoms with Gasteiger partial charge in [0.15, 0.2) is 5.75 Å². The van der Waals surface area contributed by atoms with Crippen LogP contribution in [0.5, 0.6) is 5.75 Å². The quantitative estimate of drug-likeness (QED) is 0.379. The zero-order valence-corrected chi connectivity index (χ0v) is 17.2. The first kappa shape index (κ1) is 22.8. The summed E-state index contributed by atoms with van der Waals surface area (Å²) in [5, 5.41) is 3.86. The van der Waals surface area contributed by atoms with Crippen LogP contribution in [0.15, 0.2) is 58.5 Å². The van der Waals surface area contributed by atoms with Crippen LogP contribution in [0, 0.1) is 5.92 Å². The fraction of sp³-hybridized carbons (Fsp3) is 0.333. The molecular weight excluding hydrogens is 433 g/mol. The summed E-state index contributed by atoms with van der Waals surface area (Å²) in [4.78, 5) is 11.5. The van der Waals surface area contributed by atoms with Crippen LogP contribution in [0.1, 0.15) is 43.2 Å². The highest BCUT2D eigenvalue weighted by atomic mass is 32.2. The fourth-order valence-corrected chi connectivity index (χ4v) is 4.29. The van der Waals surface area contributed by atoms with Crippen LogP contribution < -0.4 is 9.61 Å². The number of carbonyl (C=O) groups excluding carboxylic acids is 1. The number of benzene rings is 2. The molecule has 1 saturated carbocycles. The summed E-state index contributed by atoms with van der Waals surface area (Å²) in [5.74, 6) is 0.0646. The molecule has 0 aromatic heterocycles. The molecule has 0 saturated heterocycles. The Balaban J connectivity index is 1.68. The molecule has 6 nitrogen and oxygen atoms in total. The van der Waals surface area contributed by atoms with Crippen molar-refractivity contribution in [2.24, 2.45) is 11.0 Å². The first-order valence-corrected chi connectivity index (χ1v) is 11.1. The Morgan fingerprint density at radius 1 is 1.10 bits per heavy atom. The minimum Gasteiger partial charge on any atom is -0.378 e. The predicted molar refractivity (Wildman–Crippen MR) is 108 cm³/mol. The highest BCUT2D eigenvalue weighted by Crippen LogP contribution is 2.30. The Morgan fingerprint density at radius 3 is 2.39 bits per heavy atom. The fourth-order valence-electron chi connectivity index (χ4n) is 3.34. The van der Waals surface area contributed by atoms with Crippen molar-refractivity contribution in [3.63, 3.8) is 0 Å². The minimum atomic E-state index is -4.57. The third-order valence-electron chi connectivity index (χ3n) is 4.93. The number of hydrogen-bond donors (Lipinski definition) is 1. The van der Waals surface area contributed by atoms with E-state index in [1.165, 1.54) is 24.4 Å². The average molecular weight is 454 g/mol. The Kier molecular flexibility index (Phi) is 6.99. The van der Waals surface area contributed by atoms with Gasteiger partial charge in [0.1, 0.15) is 4.90 Å². The Hall–Kier alpha value is -2.88. The largest absolute Gasteiger partial charge is 0.416 e. The Bertz CT molecular complexity index is 1050. The third-order valence-corrected chi connectivity index (χ3v) is 6.18. The number of hydrogen-bond acceptors (Lipinski definition) is 5. The molecule has 1 amide bonds. The molecule has 3 rings (SSSR count). The number of nitrogens with one attached hydrogen (secondary N) is 1. The third kappa shape index (κ3) is 6.30. The molecule has 0 atom stereocenters. The summed E-state index contributed by atoms with van der Waals surface area (Å²) in [6, 6.07) is 9.07. The van der Waals surface area contributed by atoms with E-state index >= 15 is 0 Å². The second kappa shape index (κ2) is 9.51. The molecule has 0 radical (unpaired) electrons. The lowest BCUT2D eigenvalue weighted by molar-refractivity contribution is -0.137. The molecule has 2 aromatic carbocycles. The monoisotopic (exact) mass is 454 g/mol. The topological polar surface area (TPSA) is 84.8 Å². The number of alkyl halides is 3. The van der Waals surface area contributed by atoms with Gasteiger partial charge in [-0.1, -0.05) is 25.0 Å². The molecule has 166 valence electrons. The Labute approximate surface area is 178 Å². The lowest BCUT2D eigenvalue weighted by Gasteiger charge is -2.11. The van der Waals surface area contributed by atoms with Gasteiger partial charge in [-0.2, -0.15) is 26.7 Å². The number of nitrogens with zero attached hydrogens (tertiary/aromatic N) is 1. The van der Waals surface area contributed by atoms with Gasteiger partial charge in [0, 0.05) is 12.0 Å². The number of hydrazone groups is 1. The zero-order valence-electron chi connectivity index (χ0n) is 16.4. The van der Waals surface area contributed by atoms with E-state index in [4.69, 9.17) is 4.18 Å². The van der Waals surface area contributed by atoms with Gasteiger partial charge in [0.25, 0.3) is 0 Å². The maximum Gasteiger partial charge on any atom is 0.416 e. The van der Waals surface area contributed by atoms with E-state index < -0.39 is 26.8 Å². The van der Waals surface area contributed by atoms with Crippen LogP contribution in [0.2, 0.25) is 0 Å². The molecule has 0 bridgehead atoms. The van der Waals surface area contributed by atoms with Gasteiger partial charge in [-0.15, -0.1) is 0 Å². The Morgan fingerprint density at radius 2 is 1.74 bits per heavy atom. The number of para-hydroxylation sites is 1. The van der Waals surface area contributed by atoms with Crippen molar-refractivity contribution in [3.05, 3.63) is 59.7 Å². The normalized spacial score (nSPS) is 15.3. The maximum atomic E-state index is 12.7. The van der Waals surface area contributed by atoms with Gasteiger partial charge in [-0.25, -0.2) is 5.43 Å². The molecule has 1 fully saturated rings. The van der Waals surface area contributed by atoms with Gasteiger partial charge < -0.3 is 4.18 Å². The highest BCUT2D eigenvalue weighted by molar-refractivity contribution is 7.87. The van der Waals surface area contributed by atoms with E-state index in [2.05, 4.69) is 10.5 Å². The summed E-state index contributed by atoms with van der Waals surface area (Å²) in [5.41, 5.74) is 1.73. The van der Waals surface area contributed by atoms with Crippen LogP contribution in [0.3, 0.4) is 0 Å². The molecule has 1 N–H and O–H groups in total. The second-order valence-corrected chi connectivity index (χ2v) is 8.79.